The zero-order valence-electron chi connectivity index (χ0n) is 12.2. The normalized spacial score (nSPS) is 11.0. The Kier molecular flexibility index (Phi) is 16.7. The number of methoxy groups -OCH3 is 1. The van der Waals surface area contributed by atoms with Crippen molar-refractivity contribution in [1.82, 2.24) is 5.32 Å². The van der Waals surface area contributed by atoms with Crippen molar-refractivity contribution in [2.45, 2.75) is 39.0 Å². The monoisotopic (exact) mass is 261 g/mol. The van der Waals surface area contributed by atoms with Crippen LogP contribution in [0, 0.1) is 0 Å². The number of hydrogen-bond acceptors (Lipinski definition) is 4. The second-order valence-corrected chi connectivity index (χ2v) is 4.34. The van der Waals surface area contributed by atoms with Crippen LogP contribution in [0.2, 0.25) is 0 Å². The zero-order chi connectivity index (χ0) is 13.3. The van der Waals surface area contributed by atoms with Crippen molar-refractivity contribution in [1.29, 1.82) is 0 Å². The first-order valence-corrected chi connectivity index (χ1v) is 7.27. The fourth-order valence-corrected chi connectivity index (χ4v) is 1.59. The molecule has 0 saturated heterocycles. The minimum absolute atomic E-state index is 0.674. The van der Waals surface area contributed by atoms with E-state index >= 15 is 0 Å². The molecule has 0 saturated carbocycles. The van der Waals surface area contributed by atoms with Gasteiger partial charge >= 0.3 is 0 Å². The zero-order valence-corrected chi connectivity index (χ0v) is 12.2. The highest BCUT2D eigenvalue weighted by atomic mass is 16.5. The molecule has 4 nitrogen and oxygen atoms in total. The summed E-state index contributed by atoms with van der Waals surface area (Å²) < 4.78 is 15.8. The summed E-state index contributed by atoms with van der Waals surface area (Å²) >= 11 is 0. The maximum absolute atomic E-state index is 5.54. The molecule has 18 heavy (non-hydrogen) atoms. The van der Waals surface area contributed by atoms with Crippen molar-refractivity contribution in [3.8, 4) is 0 Å². The summed E-state index contributed by atoms with van der Waals surface area (Å²) in [6, 6.07) is 0. The van der Waals surface area contributed by atoms with E-state index in [1.54, 1.807) is 7.11 Å². The van der Waals surface area contributed by atoms with Crippen LogP contribution < -0.4 is 5.32 Å². The summed E-state index contributed by atoms with van der Waals surface area (Å²) in [6.45, 7) is 8.20. The van der Waals surface area contributed by atoms with Gasteiger partial charge in [-0.15, -0.1) is 0 Å². The van der Waals surface area contributed by atoms with Gasteiger partial charge in [-0.1, -0.05) is 19.8 Å². The number of ether oxygens (including phenoxy) is 3. The molecule has 0 atom stereocenters. The SMILES string of the molecule is CCNCCCCCCOCCCOCCOC. The number of nitrogens with one attached hydrogen (secondary N) is 1. The van der Waals surface area contributed by atoms with Crippen LogP contribution in [0.15, 0.2) is 0 Å². The van der Waals surface area contributed by atoms with Gasteiger partial charge in [-0.05, 0) is 32.4 Å². The number of unbranched alkanes of at least 4 members (excludes halogenated alkanes) is 3. The Morgan fingerprint density at radius 3 is 2.11 bits per heavy atom. The van der Waals surface area contributed by atoms with Gasteiger partial charge in [-0.2, -0.15) is 0 Å². The predicted octanol–water partition coefficient (Wildman–Crippen LogP) is 2.23. The molecule has 0 unspecified atom stereocenters. The molecule has 0 aliphatic heterocycles. The highest BCUT2D eigenvalue weighted by Gasteiger charge is 1.92. The average Bonchev–Trinajstić information content (AvgIpc) is 2.39. The van der Waals surface area contributed by atoms with Crippen LogP contribution in [0.25, 0.3) is 0 Å². The Balaban J connectivity index is 2.86. The second-order valence-electron chi connectivity index (χ2n) is 4.34. The summed E-state index contributed by atoms with van der Waals surface area (Å²) in [4.78, 5) is 0. The molecule has 0 heterocycles. The van der Waals surface area contributed by atoms with E-state index in [9.17, 15) is 0 Å². The highest BCUT2D eigenvalue weighted by Crippen LogP contribution is 1.99. The maximum Gasteiger partial charge on any atom is 0.0700 e. The largest absolute Gasteiger partial charge is 0.382 e. The Labute approximate surface area is 112 Å². The molecule has 0 rings (SSSR count). The molecular weight excluding hydrogens is 230 g/mol. The summed E-state index contributed by atoms with van der Waals surface area (Å²) in [6.07, 6.45) is 6.01. The van der Waals surface area contributed by atoms with Crippen LogP contribution in [0.3, 0.4) is 0 Å². The van der Waals surface area contributed by atoms with Crippen LogP contribution in [-0.4, -0.2) is 53.2 Å². The molecule has 0 bridgehead atoms. The molecule has 0 aromatic heterocycles. The van der Waals surface area contributed by atoms with Crippen LogP contribution in [0.4, 0.5) is 0 Å². The molecule has 0 aliphatic carbocycles. The lowest BCUT2D eigenvalue weighted by molar-refractivity contribution is 0.0508. The molecule has 4 heteroatoms. The van der Waals surface area contributed by atoms with Crippen molar-refractivity contribution >= 4 is 0 Å². The second kappa shape index (κ2) is 16.8. The van der Waals surface area contributed by atoms with Crippen molar-refractivity contribution in [2.75, 3.05) is 53.2 Å². The van der Waals surface area contributed by atoms with E-state index in [2.05, 4.69) is 12.2 Å². The van der Waals surface area contributed by atoms with Crippen LogP contribution in [0.5, 0.6) is 0 Å². The summed E-state index contributed by atoms with van der Waals surface area (Å²) in [5, 5.41) is 3.33. The van der Waals surface area contributed by atoms with E-state index in [1.807, 2.05) is 0 Å². The topological polar surface area (TPSA) is 39.7 Å². The number of rotatable bonds is 15. The minimum atomic E-state index is 0.674. The maximum atomic E-state index is 5.54. The lowest BCUT2D eigenvalue weighted by atomic mass is 10.2. The molecule has 110 valence electrons. The van der Waals surface area contributed by atoms with Crippen molar-refractivity contribution in [2.24, 2.45) is 0 Å². The molecule has 1 N–H and O–H groups in total. The van der Waals surface area contributed by atoms with Gasteiger partial charge in [0, 0.05) is 26.9 Å². The third-order valence-corrected chi connectivity index (χ3v) is 2.65. The molecular formula is C14H31NO3. The van der Waals surface area contributed by atoms with Crippen LogP contribution >= 0.6 is 0 Å². The summed E-state index contributed by atoms with van der Waals surface area (Å²) in [5.74, 6) is 0. The van der Waals surface area contributed by atoms with Gasteiger partial charge in [0.1, 0.15) is 0 Å². The molecule has 0 fully saturated rings. The van der Waals surface area contributed by atoms with E-state index in [-0.39, 0.29) is 0 Å². The Morgan fingerprint density at radius 1 is 0.722 bits per heavy atom. The van der Waals surface area contributed by atoms with Gasteiger partial charge in [0.2, 0.25) is 0 Å². The lowest BCUT2D eigenvalue weighted by Crippen LogP contribution is -2.13. The predicted molar refractivity (Wildman–Crippen MR) is 75.1 cm³/mol. The average molecular weight is 261 g/mol. The Bertz CT molecular complexity index is 129. The standard InChI is InChI=1S/C14H31NO3/c1-3-15-9-6-4-5-7-10-17-11-8-12-18-14-13-16-2/h15H,3-14H2,1-2H3. The third-order valence-electron chi connectivity index (χ3n) is 2.65. The van der Waals surface area contributed by atoms with Crippen LogP contribution in [-0.2, 0) is 14.2 Å². The van der Waals surface area contributed by atoms with Gasteiger partial charge < -0.3 is 19.5 Å². The fourth-order valence-electron chi connectivity index (χ4n) is 1.59. The van der Waals surface area contributed by atoms with E-state index in [0.717, 1.165) is 39.3 Å². The van der Waals surface area contributed by atoms with Gasteiger partial charge in [0.25, 0.3) is 0 Å². The molecule has 0 aliphatic rings. The molecule has 0 radical (unpaired) electrons. The van der Waals surface area contributed by atoms with E-state index in [4.69, 9.17) is 14.2 Å². The molecule has 0 aromatic rings. The first-order valence-electron chi connectivity index (χ1n) is 7.27. The minimum Gasteiger partial charge on any atom is -0.382 e. The molecule has 0 amide bonds. The van der Waals surface area contributed by atoms with Crippen LogP contribution in [0.1, 0.15) is 39.0 Å². The Hall–Kier alpha value is -0.160. The quantitative estimate of drug-likeness (QED) is 0.459. The van der Waals surface area contributed by atoms with Crippen molar-refractivity contribution in [3.63, 3.8) is 0 Å². The van der Waals surface area contributed by atoms with Gasteiger partial charge in [0.15, 0.2) is 0 Å². The van der Waals surface area contributed by atoms with Crippen molar-refractivity contribution in [3.05, 3.63) is 0 Å². The van der Waals surface area contributed by atoms with Gasteiger partial charge in [0.05, 0.1) is 13.2 Å². The smallest absolute Gasteiger partial charge is 0.0700 e. The molecule has 0 spiro atoms. The first-order chi connectivity index (χ1) is 8.91. The van der Waals surface area contributed by atoms with Gasteiger partial charge in [-0.25, -0.2) is 0 Å². The van der Waals surface area contributed by atoms with E-state index < -0.39 is 0 Å². The molecule has 0 aromatic carbocycles. The fraction of sp³-hybridized carbons (Fsp3) is 1.00. The first kappa shape index (κ1) is 17.8. The third kappa shape index (κ3) is 15.8. The van der Waals surface area contributed by atoms with E-state index in [0.29, 0.717) is 13.2 Å². The summed E-state index contributed by atoms with van der Waals surface area (Å²) in [7, 11) is 1.69. The number of hydrogen-bond donors (Lipinski definition) is 1. The van der Waals surface area contributed by atoms with Crippen molar-refractivity contribution < 1.29 is 14.2 Å². The highest BCUT2D eigenvalue weighted by molar-refractivity contribution is 4.47. The lowest BCUT2D eigenvalue weighted by Gasteiger charge is -2.05. The summed E-state index contributed by atoms with van der Waals surface area (Å²) in [5.41, 5.74) is 0. The Morgan fingerprint density at radius 2 is 1.39 bits per heavy atom. The van der Waals surface area contributed by atoms with E-state index in [1.165, 1.54) is 25.7 Å². The van der Waals surface area contributed by atoms with Gasteiger partial charge in [-0.3, -0.25) is 0 Å².